The topological polar surface area (TPSA) is 0 Å². The minimum Gasteiger partial charge on any atom is -0.207 e. The van der Waals surface area contributed by atoms with E-state index < -0.39 is 11.6 Å². The molecule has 1 fully saturated rings. The van der Waals surface area contributed by atoms with Crippen molar-refractivity contribution in [2.75, 3.05) is 0 Å². The Morgan fingerprint density at radius 1 is 0.958 bits per heavy atom. The summed E-state index contributed by atoms with van der Waals surface area (Å²) in [5.41, 5.74) is 3.39. The molecule has 0 bridgehead atoms. The second kappa shape index (κ2) is 7.63. The summed E-state index contributed by atoms with van der Waals surface area (Å²) in [6, 6.07) is 2.94. The Labute approximate surface area is 144 Å². The molecule has 0 atom stereocenters. The van der Waals surface area contributed by atoms with E-state index in [1.807, 2.05) is 0 Å². The molecule has 0 unspecified atom stereocenters. The van der Waals surface area contributed by atoms with E-state index in [-0.39, 0.29) is 5.56 Å². The molecule has 24 heavy (non-hydrogen) atoms. The highest BCUT2D eigenvalue weighted by molar-refractivity contribution is 5.69. The Kier molecular flexibility index (Phi) is 5.53. The van der Waals surface area contributed by atoms with Crippen molar-refractivity contribution >= 4 is 5.57 Å². The van der Waals surface area contributed by atoms with Crippen molar-refractivity contribution in [3.05, 3.63) is 52.6 Å². The molecule has 130 valence electrons. The quantitative estimate of drug-likeness (QED) is 0.558. The van der Waals surface area contributed by atoms with Crippen molar-refractivity contribution in [1.29, 1.82) is 0 Å². The van der Waals surface area contributed by atoms with E-state index in [9.17, 15) is 8.78 Å². The van der Waals surface area contributed by atoms with Crippen LogP contribution in [0.4, 0.5) is 8.78 Å². The molecule has 0 N–H and O–H groups in total. The number of halogens is 2. The molecule has 2 aliphatic carbocycles. The van der Waals surface area contributed by atoms with Crippen molar-refractivity contribution in [1.82, 2.24) is 0 Å². The molecule has 0 saturated heterocycles. The van der Waals surface area contributed by atoms with Gasteiger partial charge in [-0.2, -0.15) is 0 Å². The number of allylic oxidation sites excluding steroid dienone is 4. The first-order valence-electron chi connectivity index (χ1n) is 9.44. The van der Waals surface area contributed by atoms with Crippen LogP contribution >= 0.6 is 0 Å². The van der Waals surface area contributed by atoms with Gasteiger partial charge in [-0.15, -0.1) is 0 Å². The number of hydrogen-bond donors (Lipinski definition) is 0. The SMILES string of the molecule is CCCC1CCC(C2=CC=C(c3cc(F)c(C)c(F)c3)CC2)CC1. The molecule has 2 aliphatic rings. The zero-order chi connectivity index (χ0) is 17.1. The van der Waals surface area contributed by atoms with Crippen LogP contribution in [0, 0.1) is 30.4 Å². The predicted molar refractivity (Wildman–Crippen MR) is 96.7 cm³/mol. The van der Waals surface area contributed by atoms with Crippen molar-refractivity contribution in [2.45, 2.75) is 65.2 Å². The summed E-state index contributed by atoms with van der Waals surface area (Å²) in [4.78, 5) is 0. The normalized spacial score (nSPS) is 24.5. The Morgan fingerprint density at radius 3 is 2.17 bits per heavy atom. The van der Waals surface area contributed by atoms with Crippen molar-refractivity contribution in [3.63, 3.8) is 0 Å². The van der Waals surface area contributed by atoms with Crippen LogP contribution in [0.15, 0.2) is 29.9 Å². The molecule has 0 aliphatic heterocycles. The van der Waals surface area contributed by atoms with Gasteiger partial charge in [0.25, 0.3) is 0 Å². The number of benzene rings is 1. The summed E-state index contributed by atoms with van der Waals surface area (Å²) < 4.78 is 27.6. The first-order valence-corrected chi connectivity index (χ1v) is 9.44. The van der Waals surface area contributed by atoms with Crippen LogP contribution in [0.5, 0.6) is 0 Å². The maximum atomic E-state index is 13.8. The molecular weight excluding hydrogens is 302 g/mol. The molecule has 0 spiro atoms. The minimum atomic E-state index is -0.449. The molecule has 1 aromatic carbocycles. The third-order valence-corrected chi connectivity index (χ3v) is 5.90. The van der Waals surface area contributed by atoms with Gasteiger partial charge in [-0.05, 0) is 80.6 Å². The maximum Gasteiger partial charge on any atom is 0.129 e. The Hall–Kier alpha value is -1.44. The van der Waals surface area contributed by atoms with Crippen LogP contribution in [0.3, 0.4) is 0 Å². The van der Waals surface area contributed by atoms with Gasteiger partial charge in [-0.3, -0.25) is 0 Å². The van der Waals surface area contributed by atoms with Crippen LogP contribution in [0.1, 0.15) is 69.4 Å². The lowest BCUT2D eigenvalue weighted by molar-refractivity contribution is 0.283. The Bertz CT molecular complexity index is 623. The highest BCUT2D eigenvalue weighted by Gasteiger charge is 2.24. The zero-order valence-corrected chi connectivity index (χ0v) is 14.9. The van der Waals surface area contributed by atoms with Gasteiger partial charge in [-0.25, -0.2) is 8.78 Å². The molecule has 0 nitrogen and oxygen atoms in total. The molecule has 0 heterocycles. The lowest BCUT2D eigenvalue weighted by Crippen LogP contribution is -2.17. The van der Waals surface area contributed by atoms with Gasteiger partial charge in [0.05, 0.1) is 0 Å². The van der Waals surface area contributed by atoms with Crippen LogP contribution < -0.4 is 0 Å². The fraction of sp³-hybridized carbons (Fsp3) is 0.545. The van der Waals surface area contributed by atoms with Crippen LogP contribution in [-0.2, 0) is 0 Å². The van der Waals surface area contributed by atoms with Gasteiger partial charge in [0, 0.05) is 5.56 Å². The Morgan fingerprint density at radius 2 is 1.62 bits per heavy atom. The van der Waals surface area contributed by atoms with E-state index >= 15 is 0 Å². The van der Waals surface area contributed by atoms with E-state index in [1.165, 1.54) is 57.6 Å². The second-order valence-electron chi connectivity index (χ2n) is 7.50. The van der Waals surface area contributed by atoms with E-state index in [2.05, 4.69) is 19.1 Å². The molecule has 2 heteroatoms. The second-order valence-corrected chi connectivity index (χ2v) is 7.50. The molecule has 0 aromatic heterocycles. The van der Waals surface area contributed by atoms with Crippen LogP contribution in [-0.4, -0.2) is 0 Å². The van der Waals surface area contributed by atoms with Crippen molar-refractivity contribution < 1.29 is 8.78 Å². The van der Waals surface area contributed by atoms with Gasteiger partial charge in [0.2, 0.25) is 0 Å². The third kappa shape index (κ3) is 3.79. The average Bonchev–Trinajstić information content (AvgIpc) is 2.60. The number of hydrogen-bond acceptors (Lipinski definition) is 0. The van der Waals surface area contributed by atoms with E-state index in [0.717, 1.165) is 30.3 Å². The highest BCUT2D eigenvalue weighted by Crippen LogP contribution is 2.39. The molecule has 1 aromatic rings. The van der Waals surface area contributed by atoms with Gasteiger partial charge in [-0.1, -0.05) is 37.5 Å². The van der Waals surface area contributed by atoms with E-state index in [1.54, 1.807) is 5.57 Å². The van der Waals surface area contributed by atoms with Gasteiger partial charge >= 0.3 is 0 Å². The summed E-state index contributed by atoms with van der Waals surface area (Å²) in [5, 5.41) is 0. The van der Waals surface area contributed by atoms with Crippen molar-refractivity contribution in [2.24, 2.45) is 11.8 Å². The molecule has 3 rings (SSSR count). The zero-order valence-electron chi connectivity index (χ0n) is 14.9. The number of rotatable bonds is 4. The lowest BCUT2D eigenvalue weighted by atomic mass is 9.74. The standard InChI is InChI=1S/C22H28F2/c1-3-4-16-5-7-17(8-6-16)18-9-11-19(12-10-18)20-13-21(23)15(2)22(24)14-20/h9,11,13-14,16-17H,3-8,10,12H2,1-2H3. The van der Waals surface area contributed by atoms with Crippen LogP contribution in [0.25, 0.3) is 5.57 Å². The largest absolute Gasteiger partial charge is 0.207 e. The first-order chi connectivity index (χ1) is 11.6. The van der Waals surface area contributed by atoms with E-state index in [0.29, 0.717) is 5.56 Å². The average molecular weight is 330 g/mol. The van der Waals surface area contributed by atoms with Gasteiger partial charge < -0.3 is 0 Å². The summed E-state index contributed by atoms with van der Waals surface area (Å²) in [6.07, 6.45) is 14.3. The fourth-order valence-electron chi connectivity index (χ4n) is 4.29. The predicted octanol–water partition coefficient (Wildman–Crippen LogP) is 6.98. The summed E-state index contributed by atoms with van der Waals surface area (Å²) in [6.45, 7) is 3.76. The van der Waals surface area contributed by atoms with Crippen LogP contribution in [0.2, 0.25) is 0 Å². The van der Waals surface area contributed by atoms with Gasteiger partial charge in [0.15, 0.2) is 0 Å². The smallest absolute Gasteiger partial charge is 0.129 e. The maximum absolute atomic E-state index is 13.8. The molecular formula is C22H28F2. The summed E-state index contributed by atoms with van der Waals surface area (Å²) in [7, 11) is 0. The summed E-state index contributed by atoms with van der Waals surface area (Å²) >= 11 is 0. The fourth-order valence-corrected chi connectivity index (χ4v) is 4.29. The van der Waals surface area contributed by atoms with Crippen molar-refractivity contribution in [3.8, 4) is 0 Å². The first kappa shape index (κ1) is 17.4. The van der Waals surface area contributed by atoms with E-state index in [4.69, 9.17) is 0 Å². The summed E-state index contributed by atoms with van der Waals surface area (Å²) in [5.74, 6) is 0.757. The van der Waals surface area contributed by atoms with Gasteiger partial charge in [0.1, 0.15) is 11.6 Å². The molecule has 1 saturated carbocycles. The molecule has 0 radical (unpaired) electrons. The highest BCUT2D eigenvalue weighted by atomic mass is 19.1. The lowest BCUT2D eigenvalue weighted by Gasteiger charge is -2.31. The Balaban J connectivity index is 1.69. The molecule has 0 amide bonds. The monoisotopic (exact) mass is 330 g/mol. The minimum absolute atomic E-state index is 0.107. The third-order valence-electron chi connectivity index (χ3n) is 5.90.